The number of nitro groups is 1. The molecule has 1 unspecified atom stereocenters. The molecule has 0 radical (unpaired) electrons. The van der Waals surface area contributed by atoms with Crippen LogP contribution < -0.4 is 0 Å². The normalized spacial score (nSPS) is 18.1. The standard InChI is InChI=1S/C13H14N4O2/c1-9-5-4-8-16-13(9)14-12(15-16)10-6-2-3-7-11(10)17(18)19/h2-3,6-7,9H,4-5,8H2,1H3. The lowest BCUT2D eigenvalue weighted by Crippen LogP contribution is -2.14. The van der Waals surface area contributed by atoms with E-state index in [-0.39, 0.29) is 5.69 Å². The van der Waals surface area contributed by atoms with Crippen molar-refractivity contribution in [1.82, 2.24) is 14.8 Å². The van der Waals surface area contributed by atoms with Gasteiger partial charge in [-0.15, -0.1) is 0 Å². The highest BCUT2D eigenvalue weighted by atomic mass is 16.6. The molecule has 98 valence electrons. The molecule has 0 saturated heterocycles. The first-order valence-electron chi connectivity index (χ1n) is 6.35. The van der Waals surface area contributed by atoms with E-state index in [0.717, 1.165) is 25.2 Å². The highest BCUT2D eigenvalue weighted by molar-refractivity contribution is 5.67. The summed E-state index contributed by atoms with van der Waals surface area (Å²) in [5, 5.41) is 15.5. The second kappa shape index (κ2) is 4.46. The van der Waals surface area contributed by atoms with Gasteiger partial charge in [0.15, 0.2) is 5.82 Å². The fourth-order valence-electron chi connectivity index (χ4n) is 2.50. The van der Waals surface area contributed by atoms with Crippen molar-refractivity contribution in [2.24, 2.45) is 0 Å². The van der Waals surface area contributed by atoms with Crippen molar-refractivity contribution in [3.8, 4) is 11.4 Å². The Kier molecular flexibility index (Phi) is 2.77. The zero-order valence-electron chi connectivity index (χ0n) is 10.6. The first kappa shape index (κ1) is 11.8. The smallest absolute Gasteiger partial charge is 0.258 e. The van der Waals surface area contributed by atoms with Crippen LogP contribution in [0.15, 0.2) is 24.3 Å². The van der Waals surface area contributed by atoms with Crippen LogP contribution in [0.5, 0.6) is 0 Å². The summed E-state index contributed by atoms with van der Waals surface area (Å²) in [4.78, 5) is 15.1. The van der Waals surface area contributed by atoms with E-state index < -0.39 is 4.92 Å². The molecular formula is C13H14N4O2. The third-order valence-corrected chi connectivity index (χ3v) is 3.49. The van der Waals surface area contributed by atoms with E-state index in [0.29, 0.717) is 17.3 Å². The molecule has 6 nitrogen and oxygen atoms in total. The quantitative estimate of drug-likeness (QED) is 0.613. The lowest BCUT2D eigenvalue weighted by molar-refractivity contribution is -0.384. The summed E-state index contributed by atoms with van der Waals surface area (Å²) in [6, 6.07) is 6.61. The molecule has 1 aliphatic rings. The van der Waals surface area contributed by atoms with Crippen molar-refractivity contribution in [2.75, 3.05) is 0 Å². The van der Waals surface area contributed by atoms with Crippen molar-refractivity contribution >= 4 is 5.69 Å². The minimum Gasteiger partial charge on any atom is -0.258 e. The third-order valence-electron chi connectivity index (χ3n) is 3.49. The van der Waals surface area contributed by atoms with Crippen LogP contribution >= 0.6 is 0 Å². The Hall–Kier alpha value is -2.24. The summed E-state index contributed by atoms with van der Waals surface area (Å²) in [7, 11) is 0. The number of fused-ring (bicyclic) bond motifs is 1. The van der Waals surface area contributed by atoms with Crippen LogP contribution in [0.25, 0.3) is 11.4 Å². The van der Waals surface area contributed by atoms with E-state index in [1.54, 1.807) is 18.2 Å². The number of nitrogens with zero attached hydrogens (tertiary/aromatic N) is 4. The molecule has 19 heavy (non-hydrogen) atoms. The first-order chi connectivity index (χ1) is 9.16. The number of hydrogen-bond acceptors (Lipinski definition) is 4. The van der Waals surface area contributed by atoms with Crippen LogP contribution in [0.4, 0.5) is 5.69 Å². The van der Waals surface area contributed by atoms with Gasteiger partial charge in [0.25, 0.3) is 5.69 Å². The summed E-state index contributed by atoms with van der Waals surface area (Å²) in [6.07, 6.45) is 2.17. The number of rotatable bonds is 2. The van der Waals surface area contributed by atoms with Crippen molar-refractivity contribution in [2.45, 2.75) is 32.2 Å². The van der Waals surface area contributed by atoms with Crippen LogP contribution in [0, 0.1) is 10.1 Å². The minimum absolute atomic E-state index is 0.0538. The van der Waals surface area contributed by atoms with Gasteiger partial charge in [-0.25, -0.2) is 9.67 Å². The van der Waals surface area contributed by atoms with Crippen molar-refractivity contribution in [1.29, 1.82) is 0 Å². The summed E-state index contributed by atoms with van der Waals surface area (Å²) >= 11 is 0. The van der Waals surface area contributed by atoms with Gasteiger partial charge in [0.1, 0.15) is 5.82 Å². The predicted molar refractivity (Wildman–Crippen MR) is 69.8 cm³/mol. The van der Waals surface area contributed by atoms with Gasteiger partial charge in [0.05, 0.1) is 10.5 Å². The third kappa shape index (κ3) is 1.99. The Bertz CT molecular complexity index is 635. The molecule has 2 heterocycles. The molecule has 0 bridgehead atoms. The Labute approximate surface area is 110 Å². The Balaban J connectivity index is 2.11. The largest absolute Gasteiger partial charge is 0.280 e. The minimum atomic E-state index is -0.390. The predicted octanol–water partition coefficient (Wildman–Crippen LogP) is 2.75. The molecule has 0 amide bonds. The van der Waals surface area contributed by atoms with Gasteiger partial charge in [-0.05, 0) is 18.9 Å². The molecule has 0 N–H and O–H groups in total. The van der Waals surface area contributed by atoms with Crippen molar-refractivity contribution in [3.63, 3.8) is 0 Å². The molecule has 0 spiro atoms. The number of benzene rings is 1. The van der Waals surface area contributed by atoms with E-state index in [1.165, 1.54) is 6.07 Å². The second-order valence-electron chi connectivity index (χ2n) is 4.83. The Morgan fingerprint density at radius 1 is 1.42 bits per heavy atom. The van der Waals surface area contributed by atoms with Gasteiger partial charge in [-0.3, -0.25) is 10.1 Å². The SMILES string of the molecule is CC1CCCn2nc(-c3ccccc3[N+](=O)[O-])nc21. The Morgan fingerprint density at radius 2 is 2.21 bits per heavy atom. The fourth-order valence-corrected chi connectivity index (χ4v) is 2.50. The van der Waals surface area contributed by atoms with Crippen LogP contribution in [-0.2, 0) is 6.54 Å². The molecule has 1 atom stereocenters. The second-order valence-corrected chi connectivity index (χ2v) is 4.83. The fraction of sp³-hybridized carbons (Fsp3) is 0.385. The molecule has 0 fully saturated rings. The summed E-state index contributed by atoms with van der Waals surface area (Å²) in [5.74, 6) is 1.74. The molecule has 6 heteroatoms. The number of para-hydroxylation sites is 1. The van der Waals surface area contributed by atoms with Gasteiger partial charge in [0.2, 0.25) is 0 Å². The molecule has 1 aromatic carbocycles. The average molecular weight is 258 g/mol. The monoisotopic (exact) mass is 258 g/mol. The van der Waals surface area contributed by atoms with Gasteiger partial charge in [0, 0.05) is 18.5 Å². The highest BCUT2D eigenvalue weighted by Gasteiger charge is 2.24. The van der Waals surface area contributed by atoms with Crippen LogP contribution in [-0.4, -0.2) is 19.7 Å². The lowest BCUT2D eigenvalue weighted by atomic mass is 10.0. The van der Waals surface area contributed by atoms with E-state index in [4.69, 9.17) is 0 Å². The van der Waals surface area contributed by atoms with Crippen LogP contribution in [0.1, 0.15) is 31.5 Å². The summed E-state index contributed by atoms with van der Waals surface area (Å²) in [5.41, 5.74) is 0.541. The average Bonchev–Trinajstić information content (AvgIpc) is 2.84. The van der Waals surface area contributed by atoms with Crippen molar-refractivity contribution in [3.05, 3.63) is 40.2 Å². The summed E-state index contributed by atoms with van der Waals surface area (Å²) in [6.45, 7) is 2.95. The lowest BCUT2D eigenvalue weighted by Gasteiger charge is -2.17. The van der Waals surface area contributed by atoms with Gasteiger partial charge >= 0.3 is 0 Å². The zero-order chi connectivity index (χ0) is 13.4. The number of nitro benzene ring substituents is 1. The van der Waals surface area contributed by atoms with Gasteiger partial charge in [-0.1, -0.05) is 19.1 Å². The van der Waals surface area contributed by atoms with Gasteiger partial charge < -0.3 is 0 Å². The molecule has 0 aliphatic carbocycles. The molecule has 2 aromatic rings. The number of aromatic nitrogens is 3. The van der Waals surface area contributed by atoms with Gasteiger partial charge in [-0.2, -0.15) is 5.10 Å². The maximum atomic E-state index is 11.0. The molecule has 0 saturated carbocycles. The maximum Gasteiger partial charge on any atom is 0.280 e. The highest BCUT2D eigenvalue weighted by Crippen LogP contribution is 2.31. The number of aryl methyl sites for hydroxylation is 1. The summed E-state index contributed by atoms with van der Waals surface area (Å²) < 4.78 is 1.88. The van der Waals surface area contributed by atoms with Crippen LogP contribution in [0.2, 0.25) is 0 Å². The van der Waals surface area contributed by atoms with E-state index in [1.807, 2.05) is 4.68 Å². The first-order valence-corrected chi connectivity index (χ1v) is 6.35. The Morgan fingerprint density at radius 3 is 2.95 bits per heavy atom. The van der Waals surface area contributed by atoms with Crippen LogP contribution in [0.3, 0.4) is 0 Å². The topological polar surface area (TPSA) is 73.8 Å². The molecule has 3 rings (SSSR count). The molecule has 1 aliphatic heterocycles. The van der Waals surface area contributed by atoms with E-state index >= 15 is 0 Å². The van der Waals surface area contributed by atoms with Crippen molar-refractivity contribution < 1.29 is 4.92 Å². The molecular weight excluding hydrogens is 244 g/mol. The molecule has 1 aromatic heterocycles. The van der Waals surface area contributed by atoms with E-state index in [2.05, 4.69) is 17.0 Å². The zero-order valence-corrected chi connectivity index (χ0v) is 10.6. The number of hydrogen-bond donors (Lipinski definition) is 0. The maximum absolute atomic E-state index is 11.0. The van der Waals surface area contributed by atoms with E-state index in [9.17, 15) is 10.1 Å².